The van der Waals surface area contributed by atoms with Gasteiger partial charge in [-0.2, -0.15) is 0 Å². The first kappa shape index (κ1) is 47.9. The number of aromatic nitrogens is 1. The molecule has 1 aromatic heterocycles. The van der Waals surface area contributed by atoms with Crippen LogP contribution in [0.15, 0.2) is 54.9 Å². The highest BCUT2D eigenvalue weighted by molar-refractivity contribution is 5.70. The van der Waals surface area contributed by atoms with Crippen molar-refractivity contribution in [3.05, 3.63) is 54.9 Å². The number of nitrogens with zero attached hydrogens (tertiary/aromatic N) is 1. The van der Waals surface area contributed by atoms with Crippen LogP contribution in [0.25, 0.3) is 0 Å². The molecule has 0 aliphatic rings. The molecule has 1 unspecified atom stereocenters. The summed E-state index contributed by atoms with van der Waals surface area (Å²) in [5.74, 6) is -0.401. The van der Waals surface area contributed by atoms with E-state index in [0.29, 0.717) is 19.4 Å². The topological polar surface area (TPSA) is 56.5 Å². The van der Waals surface area contributed by atoms with Crippen LogP contribution in [0.4, 0.5) is 0 Å². The average Bonchev–Trinajstić information content (AvgIpc) is 3.11. The summed E-state index contributed by atoms with van der Waals surface area (Å²) in [6.45, 7) is 5.11. The summed E-state index contributed by atoms with van der Waals surface area (Å²) in [6.07, 6.45) is 45.6. The highest BCUT2D eigenvalue weighted by Gasteiger charge is 2.21. The summed E-state index contributed by atoms with van der Waals surface area (Å²) < 4.78 is 13.4. The van der Waals surface area contributed by atoms with Gasteiger partial charge < -0.3 is 21.9 Å². The molecule has 1 heterocycles. The molecule has 1 rings (SSSR count). The van der Waals surface area contributed by atoms with E-state index in [0.717, 1.165) is 51.4 Å². The first-order valence-corrected chi connectivity index (χ1v) is 20.7. The van der Waals surface area contributed by atoms with Crippen molar-refractivity contribution >= 4 is 11.9 Å². The van der Waals surface area contributed by atoms with Crippen molar-refractivity contribution in [1.82, 2.24) is 0 Å². The fourth-order valence-corrected chi connectivity index (χ4v) is 6.10. The molecule has 0 radical (unpaired) electrons. The normalized spacial score (nSPS) is 12.0. The molecule has 0 bridgehead atoms. The minimum atomic E-state index is -0.485. The zero-order valence-corrected chi connectivity index (χ0v) is 33.2. The first-order valence-electron chi connectivity index (χ1n) is 20.7. The number of carbonyl (C=O) groups is 2. The Balaban J connectivity index is 0.0000240. The zero-order valence-electron chi connectivity index (χ0n) is 32.4. The van der Waals surface area contributed by atoms with Crippen molar-refractivity contribution in [3.63, 3.8) is 0 Å². The molecule has 0 aromatic carbocycles. The van der Waals surface area contributed by atoms with Crippen LogP contribution in [0, 0.1) is 0 Å². The molecule has 0 aliphatic carbocycles. The van der Waals surface area contributed by atoms with Gasteiger partial charge >= 0.3 is 11.9 Å². The molecule has 0 saturated carbocycles. The predicted molar refractivity (Wildman–Crippen MR) is 206 cm³/mol. The van der Waals surface area contributed by atoms with Crippen molar-refractivity contribution in [2.24, 2.45) is 0 Å². The lowest BCUT2D eigenvalue weighted by molar-refractivity contribution is -0.703. The van der Waals surface area contributed by atoms with E-state index in [-0.39, 0.29) is 31.0 Å². The summed E-state index contributed by atoms with van der Waals surface area (Å²) in [7, 11) is 0. The molecule has 0 fully saturated rings. The number of pyridine rings is 1. The number of hydrogen-bond donors (Lipinski definition) is 0. The molecule has 50 heavy (non-hydrogen) atoms. The number of esters is 2. The van der Waals surface area contributed by atoms with E-state index in [1.54, 1.807) is 0 Å². The number of carbonyl (C=O) groups excluding carboxylic acids is 2. The summed E-state index contributed by atoms with van der Waals surface area (Å²) in [5.41, 5.74) is 0. The third-order valence-corrected chi connectivity index (χ3v) is 9.21. The summed E-state index contributed by atoms with van der Waals surface area (Å²) in [5, 5.41) is 0. The fourth-order valence-electron chi connectivity index (χ4n) is 6.10. The highest BCUT2D eigenvalue weighted by Crippen LogP contribution is 2.13. The minimum Gasteiger partial charge on any atom is -1.00 e. The van der Waals surface area contributed by atoms with Gasteiger partial charge in [0.25, 0.3) is 0 Å². The van der Waals surface area contributed by atoms with Gasteiger partial charge in [0.05, 0.1) is 0 Å². The van der Waals surface area contributed by atoms with Crippen molar-refractivity contribution < 1.29 is 36.0 Å². The van der Waals surface area contributed by atoms with Crippen LogP contribution >= 0.6 is 0 Å². The molecular weight excluding hydrogens is 642 g/mol. The van der Waals surface area contributed by atoms with Gasteiger partial charge in [0.15, 0.2) is 25.0 Å². The van der Waals surface area contributed by atoms with E-state index in [4.69, 9.17) is 9.47 Å². The molecular formula is C44H76ClNO4. The monoisotopic (exact) mass is 718 g/mol. The fraction of sp³-hybridized carbons (Fsp3) is 0.750. The molecule has 0 spiro atoms. The van der Waals surface area contributed by atoms with Gasteiger partial charge in [0.2, 0.25) is 0 Å². The van der Waals surface area contributed by atoms with Crippen molar-refractivity contribution in [2.45, 2.75) is 206 Å². The molecule has 0 aliphatic heterocycles. The van der Waals surface area contributed by atoms with E-state index in [9.17, 15) is 9.59 Å². The third-order valence-electron chi connectivity index (χ3n) is 9.21. The van der Waals surface area contributed by atoms with Gasteiger partial charge in [-0.05, 0) is 64.2 Å². The van der Waals surface area contributed by atoms with Crippen LogP contribution < -0.4 is 17.0 Å². The van der Waals surface area contributed by atoms with Crippen molar-refractivity contribution in [1.29, 1.82) is 0 Å². The van der Waals surface area contributed by atoms with Crippen LogP contribution in [-0.4, -0.2) is 24.6 Å². The van der Waals surface area contributed by atoms with Gasteiger partial charge in [-0.3, -0.25) is 9.59 Å². The van der Waals surface area contributed by atoms with E-state index in [2.05, 4.69) is 38.2 Å². The highest BCUT2D eigenvalue weighted by atomic mass is 35.5. The second kappa shape index (κ2) is 38.1. The van der Waals surface area contributed by atoms with Crippen molar-refractivity contribution in [3.8, 4) is 0 Å². The number of halogens is 1. The smallest absolute Gasteiger partial charge is 0.306 e. The molecule has 5 nitrogen and oxygen atoms in total. The van der Waals surface area contributed by atoms with E-state index >= 15 is 0 Å². The standard InChI is InChI=1S/C44H76NO4.ClH/c1-3-5-7-9-11-13-15-17-19-21-23-25-27-29-32-36-43(46)48-41-42(40-45-38-34-31-35-39-45)49-44(47)37-33-30-28-26-24-22-20-18-16-14-12-10-8-6-4-2;/h17-20,31,34-35,38-39,42H,3-16,21-30,32-33,36-37,40-41H2,1-2H3;1H/q+1;/p-1/b19-17+,20-18+;. The van der Waals surface area contributed by atoms with Crippen molar-refractivity contribution in [2.75, 3.05) is 6.61 Å². The van der Waals surface area contributed by atoms with Crippen LogP contribution in [0.3, 0.4) is 0 Å². The average molecular weight is 719 g/mol. The maximum Gasteiger partial charge on any atom is 0.306 e. The lowest BCUT2D eigenvalue weighted by Crippen LogP contribution is -3.00. The SMILES string of the molecule is CCCCCCCC/C=C/CCCCCCCC(=O)OCC(C[n+]1ccccc1)OC(=O)CCCCCCC/C=C/CCCCCCCC.[Cl-]. The van der Waals surface area contributed by atoms with Gasteiger partial charge in [0, 0.05) is 25.0 Å². The second-order valence-corrected chi connectivity index (χ2v) is 14.0. The molecule has 1 aromatic rings. The first-order chi connectivity index (χ1) is 24.2. The Labute approximate surface area is 314 Å². The quantitative estimate of drug-likeness (QED) is 0.0304. The Morgan fingerprint density at radius 1 is 0.520 bits per heavy atom. The summed E-state index contributed by atoms with van der Waals surface area (Å²) in [4.78, 5) is 25.1. The Kier molecular flexibility index (Phi) is 36.5. The van der Waals surface area contributed by atoms with E-state index < -0.39 is 6.10 Å². The largest absolute Gasteiger partial charge is 1.00 e. The molecule has 1 atom stereocenters. The Hall–Kier alpha value is -2.14. The maximum absolute atomic E-state index is 12.7. The van der Waals surface area contributed by atoms with E-state index in [1.165, 1.54) is 116 Å². The summed E-state index contributed by atoms with van der Waals surface area (Å²) in [6, 6.07) is 5.85. The minimum absolute atomic E-state index is 0. The third kappa shape index (κ3) is 33.0. The van der Waals surface area contributed by atoms with Gasteiger partial charge in [0.1, 0.15) is 6.61 Å². The van der Waals surface area contributed by atoms with Gasteiger partial charge in [-0.15, -0.1) is 0 Å². The van der Waals surface area contributed by atoms with Crippen LogP contribution in [0.2, 0.25) is 0 Å². The Morgan fingerprint density at radius 2 is 0.900 bits per heavy atom. The Bertz CT molecular complexity index is 935. The maximum atomic E-state index is 12.7. The number of unbranched alkanes of at least 4 members (excludes halogenated alkanes) is 22. The second-order valence-electron chi connectivity index (χ2n) is 14.0. The molecule has 6 heteroatoms. The van der Waals surface area contributed by atoms with Gasteiger partial charge in [-0.1, -0.05) is 147 Å². The predicted octanol–water partition coefficient (Wildman–Crippen LogP) is 9.51. The molecule has 0 amide bonds. The summed E-state index contributed by atoms with van der Waals surface area (Å²) >= 11 is 0. The molecule has 0 N–H and O–H groups in total. The number of rotatable bonds is 35. The zero-order chi connectivity index (χ0) is 35.3. The van der Waals surface area contributed by atoms with Gasteiger partial charge in [-0.25, -0.2) is 4.57 Å². The number of ether oxygens (including phenoxy) is 2. The Morgan fingerprint density at radius 3 is 1.34 bits per heavy atom. The lowest BCUT2D eigenvalue weighted by Gasteiger charge is -2.16. The number of hydrogen-bond acceptors (Lipinski definition) is 4. The lowest BCUT2D eigenvalue weighted by atomic mass is 10.1. The van der Waals surface area contributed by atoms with Crippen LogP contribution in [0.1, 0.15) is 194 Å². The van der Waals surface area contributed by atoms with Crippen LogP contribution in [0.5, 0.6) is 0 Å². The van der Waals surface area contributed by atoms with Crippen LogP contribution in [-0.2, 0) is 25.6 Å². The molecule has 0 saturated heterocycles. The number of allylic oxidation sites excluding steroid dienone is 4. The molecule has 288 valence electrons. The van der Waals surface area contributed by atoms with E-state index in [1.807, 2.05) is 35.2 Å².